The van der Waals surface area contributed by atoms with Crippen molar-refractivity contribution < 1.29 is 0 Å². The van der Waals surface area contributed by atoms with Crippen LogP contribution in [0.25, 0.3) is 11.0 Å². The number of hydrogen-bond donors (Lipinski definition) is 1. The zero-order chi connectivity index (χ0) is 13.2. The van der Waals surface area contributed by atoms with Crippen molar-refractivity contribution in [2.75, 3.05) is 5.32 Å². The fourth-order valence-corrected chi connectivity index (χ4v) is 2.13. The van der Waals surface area contributed by atoms with Crippen LogP contribution in [-0.4, -0.2) is 19.7 Å². The number of rotatable bonds is 3. The molecule has 2 heterocycles. The molecule has 19 heavy (non-hydrogen) atoms. The summed E-state index contributed by atoms with van der Waals surface area (Å²) in [6.45, 7) is 0.612. The molecule has 0 spiro atoms. The number of benzene rings is 1. The highest BCUT2D eigenvalue weighted by Gasteiger charge is 2.07. The zero-order valence-corrected chi connectivity index (χ0v) is 11.1. The number of nitrogens with one attached hydrogen (secondary N) is 1. The van der Waals surface area contributed by atoms with E-state index in [9.17, 15) is 0 Å². The van der Waals surface area contributed by atoms with Gasteiger partial charge in [0.2, 0.25) is 0 Å². The molecule has 0 unspecified atom stereocenters. The summed E-state index contributed by atoms with van der Waals surface area (Å²) < 4.78 is 1.72. The van der Waals surface area contributed by atoms with Gasteiger partial charge in [-0.05, 0) is 11.6 Å². The summed E-state index contributed by atoms with van der Waals surface area (Å²) in [6.07, 6.45) is 3.28. The molecule has 0 aliphatic rings. The van der Waals surface area contributed by atoms with Gasteiger partial charge in [-0.25, -0.2) is 9.97 Å². The van der Waals surface area contributed by atoms with Gasteiger partial charge in [-0.15, -0.1) is 0 Å². The van der Waals surface area contributed by atoms with E-state index in [4.69, 9.17) is 11.6 Å². The zero-order valence-electron chi connectivity index (χ0n) is 10.3. The van der Waals surface area contributed by atoms with E-state index in [1.54, 1.807) is 10.9 Å². The number of fused-ring (bicyclic) bond motifs is 1. The maximum absolute atomic E-state index is 6.12. The van der Waals surface area contributed by atoms with E-state index >= 15 is 0 Å². The van der Waals surface area contributed by atoms with Gasteiger partial charge >= 0.3 is 0 Å². The predicted molar refractivity (Wildman–Crippen MR) is 75.1 cm³/mol. The molecule has 0 aliphatic carbocycles. The minimum Gasteiger partial charge on any atom is -0.365 e. The first-order chi connectivity index (χ1) is 9.25. The normalized spacial score (nSPS) is 10.8. The smallest absolute Gasteiger partial charge is 0.163 e. The second-order valence-corrected chi connectivity index (χ2v) is 4.58. The number of halogens is 1. The van der Waals surface area contributed by atoms with E-state index in [2.05, 4.69) is 20.4 Å². The van der Waals surface area contributed by atoms with Gasteiger partial charge in [0, 0.05) is 18.6 Å². The van der Waals surface area contributed by atoms with Gasteiger partial charge in [0.25, 0.3) is 0 Å². The molecule has 0 radical (unpaired) electrons. The van der Waals surface area contributed by atoms with Gasteiger partial charge in [0.1, 0.15) is 12.1 Å². The molecule has 6 heteroatoms. The average Bonchev–Trinajstić information content (AvgIpc) is 2.81. The van der Waals surface area contributed by atoms with E-state index in [1.807, 2.05) is 31.3 Å². The van der Waals surface area contributed by atoms with Crippen LogP contribution < -0.4 is 5.32 Å². The topological polar surface area (TPSA) is 55.6 Å². The van der Waals surface area contributed by atoms with E-state index in [1.165, 1.54) is 6.33 Å². The summed E-state index contributed by atoms with van der Waals surface area (Å²) in [6, 6.07) is 7.73. The second kappa shape index (κ2) is 4.85. The number of anilines is 1. The maximum atomic E-state index is 6.12. The minimum atomic E-state index is 0.612. The Morgan fingerprint density at radius 1 is 1.26 bits per heavy atom. The number of aryl methyl sites for hydroxylation is 1. The van der Waals surface area contributed by atoms with Gasteiger partial charge in [0.15, 0.2) is 5.65 Å². The third-order valence-corrected chi connectivity index (χ3v) is 3.30. The Labute approximate surface area is 115 Å². The Hall–Kier alpha value is -2.14. The first-order valence-electron chi connectivity index (χ1n) is 5.85. The van der Waals surface area contributed by atoms with Crippen LogP contribution in [0.3, 0.4) is 0 Å². The molecular formula is C13H12ClN5. The lowest BCUT2D eigenvalue weighted by Crippen LogP contribution is -2.03. The highest BCUT2D eigenvalue weighted by Crippen LogP contribution is 2.20. The van der Waals surface area contributed by atoms with E-state index in [-0.39, 0.29) is 0 Å². The predicted octanol–water partition coefficient (Wildman–Crippen LogP) is 2.63. The molecular weight excluding hydrogens is 262 g/mol. The third-order valence-electron chi connectivity index (χ3n) is 2.93. The van der Waals surface area contributed by atoms with E-state index < -0.39 is 0 Å². The van der Waals surface area contributed by atoms with Crippen LogP contribution in [-0.2, 0) is 13.6 Å². The van der Waals surface area contributed by atoms with Crippen molar-refractivity contribution in [1.29, 1.82) is 0 Å². The molecule has 0 bridgehead atoms. The Morgan fingerprint density at radius 3 is 2.95 bits per heavy atom. The molecule has 2 aromatic heterocycles. The Balaban J connectivity index is 1.88. The van der Waals surface area contributed by atoms with Gasteiger partial charge in [-0.3, -0.25) is 4.68 Å². The van der Waals surface area contributed by atoms with E-state index in [0.29, 0.717) is 6.54 Å². The molecule has 0 saturated carbocycles. The molecule has 0 atom stereocenters. The molecule has 3 aromatic rings. The fourth-order valence-electron chi connectivity index (χ4n) is 1.92. The van der Waals surface area contributed by atoms with Crippen LogP contribution in [0.1, 0.15) is 5.56 Å². The van der Waals surface area contributed by atoms with Crippen molar-refractivity contribution in [2.24, 2.45) is 7.05 Å². The SMILES string of the molecule is Cn1ncc2c(NCc3ccccc3Cl)ncnc21. The summed E-state index contributed by atoms with van der Waals surface area (Å²) >= 11 is 6.12. The molecule has 0 amide bonds. The molecule has 0 aliphatic heterocycles. The van der Waals surface area contributed by atoms with Crippen LogP contribution in [0.5, 0.6) is 0 Å². The summed E-state index contributed by atoms with van der Waals surface area (Å²) in [5, 5.41) is 9.09. The van der Waals surface area contributed by atoms with Gasteiger partial charge in [-0.1, -0.05) is 29.8 Å². The monoisotopic (exact) mass is 273 g/mol. The maximum Gasteiger partial charge on any atom is 0.163 e. The lowest BCUT2D eigenvalue weighted by atomic mass is 10.2. The average molecular weight is 274 g/mol. The third kappa shape index (κ3) is 2.24. The molecule has 1 N–H and O–H groups in total. The number of hydrogen-bond acceptors (Lipinski definition) is 4. The summed E-state index contributed by atoms with van der Waals surface area (Å²) in [4.78, 5) is 8.44. The van der Waals surface area contributed by atoms with Crippen LogP contribution in [0.2, 0.25) is 5.02 Å². The van der Waals surface area contributed by atoms with Crippen LogP contribution in [0.4, 0.5) is 5.82 Å². The number of aromatic nitrogens is 4. The van der Waals surface area contributed by atoms with Crippen molar-refractivity contribution in [3.63, 3.8) is 0 Å². The summed E-state index contributed by atoms with van der Waals surface area (Å²) in [7, 11) is 1.85. The van der Waals surface area contributed by atoms with Crippen molar-refractivity contribution in [2.45, 2.75) is 6.54 Å². The largest absolute Gasteiger partial charge is 0.365 e. The highest BCUT2D eigenvalue weighted by atomic mass is 35.5. The van der Waals surface area contributed by atoms with Crippen molar-refractivity contribution in [1.82, 2.24) is 19.7 Å². The first-order valence-corrected chi connectivity index (χ1v) is 6.23. The second-order valence-electron chi connectivity index (χ2n) is 4.17. The first kappa shape index (κ1) is 11.9. The van der Waals surface area contributed by atoms with Gasteiger partial charge < -0.3 is 5.32 Å². The van der Waals surface area contributed by atoms with Crippen molar-refractivity contribution in [3.05, 3.63) is 47.4 Å². The quantitative estimate of drug-likeness (QED) is 0.797. The lowest BCUT2D eigenvalue weighted by molar-refractivity contribution is 0.785. The fraction of sp³-hybridized carbons (Fsp3) is 0.154. The highest BCUT2D eigenvalue weighted by molar-refractivity contribution is 6.31. The van der Waals surface area contributed by atoms with Crippen LogP contribution >= 0.6 is 11.6 Å². The lowest BCUT2D eigenvalue weighted by Gasteiger charge is -2.07. The van der Waals surface area contributed by atoms with Gasteiger partial charge in [0.05, 0.1) is 11.6 Å². The van der Waals surface area contributed by atoms with Crippen molar-refractivity contribution >= 4 is 28.5 Å². The van der Waals surface area contributed by atoms with Gasteiger partial charge in [-0.2, -0.15) is 5.10 Å². The summed E-state index contributed by atoms with van der Waals surface area (Å²) in [5.74, 6) is 0.762. The molecule has 3 rings (SSSR count). The van der Waals surface area contributed by atoms with E-state index in [0.717, 1.165) is 27.4 Å². The molecule has 5 nitrogen and oxygen atoms in total. The van der Waals surface area contributed by atoms with Crippen molar-refractivity contribution in [3.8, 4) is 0 Å². The van der Waals surface area contributed by atoms with Crippen LogP contribution in [0.15, 0.2) is 36.8 Å². The molecule has 1 aromatic carbocycles. The van der Waals surface area contributed by atoms with Crippen LogP contribution in [0, 0.1) is 0 Å². The number of nitrogens with zero attached hydrogens (tertiary/aromatic N) is 4. The molecule has 0 saturated heterocycles. The minimum absolute atomic E-state index is 0.612. The molecule has 0 fully saturated rings. The standard InChI is InChI=1S/C13H12ClN5/c1-19-13-10(7-18-19)12(16-8-17-13)15-6-9-4-2-3-5-11(9)14/h2-5,7-8H,6H2,1H3,(H,15,16,17). The molecule has 96 valence electrons. The summed E-state index contributed by atoms with van der Waals surface area (Å²) in [5.41, 5.74) is 1.83. The Kier molecular flexibility index (Phi) is 3.05. The Morgan fingerprint density at radius 2 is 2.11 bits per heavy atom. The Bertz CT molecular complexity index is 722.